The molecule has 0 bridgehead atoms. The minimum atomic E-state index is 0.691. The number of rotatable bonds is 2. The van der Waals surface area contributed by atoms with E-state index in [4.69, 9.17) is 5.73 Å². The Labute approximate surface area is 92.5 Å². The van der Waals surface area contributed by atoms with Gasteiger partial charge in [0.15, 0.2) is 5.16 Å². The van der Waals surface area contributed by atoms with Crippen LogP contribution in [-0.2, 0) is 7.05 Å². The maximum atomic E-state index is 5.64. The van der Waals surface area contributed by atoms with Crippen LogP contribution in [0.4, 0.5) is 5.69 Å². The van der Waals surface area contributed by atoms with Crippen molar-refractivity contribution in [2.75, 3.05) is 5.73 Å². The molecule has 5 heteroatoms. The number of nitrogen functional groups attached to an aromatic ring is 1. The molecule has 15 heavy (non-hydrogen) atoms. The number of anilines is 1. The van der Waals surface area contributed by atoms with Crippen LogP contribution < -0.4 is 5.73 Å². The van der Waals surface area contributed by atoms with Gasteiger partial charge in [0, 0.05) is 19.4 Å². The summed E-state index contributed by atoms with van der Waals surface area (Å²) in [5.41, 5.74) is 7.40. The van der Waals surface area contributed by atoms with Gasteiger partial charge >= 0.3 is 0 Å². The van der Waals surface area contributed by atoms with Crippen molar-refractivity contribution in [2.24, 2.45) is 7.05 Å². The molecular weight excluding hydrogens is 208 g/mol. The minimum Gasteiger partial charge on any atom is -0.397 e. The van der Waals surface area contributed by atoms with Crippen molar-refractivity contribution in [2.45, 2.75) is 17.1 Å². The first kappa shape index (κ1) is 10.0. The molecule has 0 aliphatic rings. The van der Waals surface area contributed by atoms with E-state index in [0.717, 1.165) is 15.7 Å². The number of aryl methyl sites for hydroxylation is 2. The summed E-state index contributed by atoms with van der Waals surface area (Å²) in [4.78, 5) is 8.51. The molecule has 78 valence electrons. The Hall–Kier alpha value is -1.49. The standard InChI is InChI=1S/C10H12N4S/c1-7-5-8(11)6-13-9(7)15-10-12-3-4-14(10)2/h3-6H,11H2,1-2H3. The zero-order valence-electron chi connectivity index (χ0n) is 8.64. The van der Waals surface area contributed by atoms with Gasteiger partial charge in [-0.05, 0) is 30.3 Å². The normalized spacial score (nSPS) is 10.5. The molecule has 0 saturated heterocycles. The molecule has 2 aromatic heterocycles. The Bertz CT molecular complexity index is 478. The van der Waals surface area contributed by atoms with Gasteiger partial charge in [-0.25, -0.2) is 9.97 Å². The van der Waals surface area contributed by atoms with Crippen LogP contribution in [0.3, 0.4) is 0 Å². The molecule has 0 aliphatic carbocycles. The van der Waals surface area contributed by atoms with Crippen LogP contribution in [0.2, 0.25) is 0 Å². The van der Waals surface area contributed by atoms with Gasteiger partial charge in [-0.2, -0.15) is 0 Å². The van der Waals surface area contributed by atoms with Gasteiger partial charge in [0.2, 0.25) is 0 Å². The number of aromatic nitrogens is 3. The van der Waals surface area contributed by atoms with E-state index in [9.17, 15) is 0 Å². The number of nitrogens with zero attached hydrogens (tertiary/aromatic N) is 3. The summed E-state index contributed by atoms with van der Waals surface area (Å²) in [6.45, 7) is 1.99. The van der Waals surface area contributed by atoms with E-state index < -0.39 is 0 Å². The van der Waals surface area contributed by atoms with Gasteiger partial charge in [0.25, 0.3) is 0 Å². The third-order valence-electron chi connectivity index (χ3n) is 2.02. The van der Waals surface area contributed by atoms with Gasteiger partial charge in [-0.3, -0.25) is 0 Å². The average Bonchev–Trinajstić information content (AvgIpc) is 2.57. The number of nitrogens with two attached hydrogens (primary N) is 1. The Morgan fingerprint density at radius 2 is 2.20 bits per heavy atom. The molecule has 4 nitrogen and oxygen atoms in total. The average molecular weight is 220 g/mol. The predicted molar refractivity (Wildman–Crippen MR) is 60.7 cm³/mol. The Morgan fingerprint density at radius 1 is 1.40 bits per heavy atom. The van der Waals surface area contributed by atoms with E-state index in [1.807, 2.05) is 30.8 Å². The fraction of sp³-hybridized carbons (Fsp3) is 0.200. The molecule has 2 aromatic rings. The second kappa shape index (κ2) is 3.94. The third kappa shape index (κ3) is 2.12. The van der Waals surface area contributed by atoms with Gasteiger partial charge in [0.05, 0.1) is 11.9 Å². The zero-order chi connectivity index (χ0) is 10.8. The van der Waals surface area contributed by atoms with Crippen LogP contribution in [0.25, 0.3) is 0 Å². The molecule has 0 unspecified atom stereocenters. The van der Waals surface area contributed by atoms with E-state index in [1.165, 1.54) is 0 Å². The molecule has 0 fully saturated rings. The van der Waals surface area contributed by atoms with E-state index in [1.54, 1.807) is 24.2 Å². The summed E-state index contributed by atoms with van der Waals surface area (Å²) in [7, 11) is 1.96. The van der Waals surface area contributed by atoms with Crippen LogP contribution in [0.5, 0.6) is 0 Å². The van der Waals surface area contributed by atoms with Gasteiger partial charge in [-0.1, -0.05) is 0 Å². The van der Waals surface area contributed by atoms with Gasteiger partial charge in [-0.15, -0.1) is 0 Å². The van der Waals surface area contributed by atoms with Crippen molar-refractivity contribution < 1.29 is 0 Å². The second-order valence-electron chi connectivity index (χ2n) is 3.31. The summed E-state index contributed by atoms with van der Waals surface area (Å²) >= 11 is 1.54. The SMILES string of the molecule is Cc1cc(N)cnc1Sc1nccn1C. The lowest BCUT2D eigenvalue weighted by atomic mass is 10.3. The third-order valence-corrected chi connectivity index (χ3v) is 3.21. The van der Waals surface area contributed by atoms with E-state index in [2.05, 4.69) is 9.97 Å². The van der Waals surface area contributed by atoms with Crippen molar-refractivity contribution >= 4 is 17.4 Å². The van der Waals surface area contributed by atoms with Crippen LogP contribution in [0.15, 0.2) is 34.8 Å². The lowest BCUT2D eigenvalue weighted by molar-refractivity contribution is 0.788. The lowest BCUT2D eigenvalue weighted by Crippen LogP contribution is -1.93. The maximum absolute atomic E-state index is 5.64. The first-order chi connectivity index (χ1) is 7.16. The van der Waals surface area contributed by atoms with Crippen LogP contribution in [-0.4, -0.2) is 14.5 Å². The predicted octanol–water partition coefficient (Wildman–Crippen LogP) is 1.86. The summed E-state index contributed by atoms with van der Waals surface area (Å²) in [6, 6.07) is 1.91. The lowest BCUT2D eigenvalue weighted by Gasteiger charge is -2.04. The summed E-state index contributed by atoms with van der Waals surface area (Å²) in [6.07, 6.45) is 5.35. The van der Waals surface area contributed by atoms with Crippen molar-refractivity contribution in [3.8, 4) is 0 Å². The van der Waals surface area contributed by atoms with Gasteiger partial charge < -0.3 is 10.3 Å². The molecule has 0 amide bonds. The number of pyridine rings is 1. The number of hydrogen-bond acceptors (Lipinski definition) is 4. The molecule has 0 aliphatic heterocycles. The zero-order valence-corrected chi connectivity index (χ0v) is 9.45. The first-order valence-electron chi connectivity index (χ1n) is 4.54. The highest BCUT2D eigenvalue weighted by molar-refractivity contribution is 7.99. The summed E-state index contributed by atoms with van der Waals surface area (Å²) < 4.78 is 1.96. The van der Waals surface area contributed by atoms with E-state index in [0.29, 0.717) is 5.69 Å². The molecule has 0 saturated carbocycles. The van der Waals surface area contributed by atoms with Crippen LogP contribution in [0, 0.1) is 6.92 Å². The highest BCUT2D eigenvalue weighted by Gasteiger charge is 2.06. The largest absolute Gasteiger partial charge is 0.397 e. The first-order valence-corrected chi connectivity index (χ1v) is 5.36. The number of imidazole rings is 1. The van der Waals surface area contributed by atoms with Crippen molar-refractivity contribution in [3.63, 3.8) is 0 Å². The molecule has 0 atom stereocenters. The molecule has 2 N–H and O–H groups in total. The second-order valence-corrected chi connectivity index (χ2v) is 4.27. The molecule has 2 rings (SSSR count). The van der Waals surface area contributed by atoms with Crippen molar-refractivity contribution in [3.05, 3.63) is 30.2 Å². The highest BCUT2D eigenvalue weighted by Crippen LogP contribution is 2.27. The Morgan fingerprint density at radius 3 is 2.80 bits per heavy atom. The maximum Gasteiger partial charge on any atom is 0.174 e. The summed E-state index contributed by atoms with van der Waals surface area (Å²) in [5, 5.41) is 1.87. The fourth-order valence-electron chi connectivity index (χ4n) is 1.23. The highest BCUT2D eigenvalue weighted by atomic mass is 32.2. The smallest absolute Gasteiger partial charge is 0.174 e. The Kier molecular flexibility index (Phi) is 2.64. The quantitative estimate of drug-likeness (QED) is 0.839. The molecule has 0 spiro atoms. The van der Waals surface area contributed by atoms with Gasteiger partial charge in [0.1, 0.15) is 5.03 Å². The molecule has 0 aromatic carbocycles. The van der Waals surface area contributed by atoms with Crippen molar-refractivity contribution in [1.82, 2.24) is 14.5 Å². The molecule has 2 heterocycles. The molecule has 0 radical (unpaired) electrons. The number of hydrogen-bond donors (Lipinski definition) is 1. The topological polar surface area (TPSA) is 56.7 Å². The van der Waals surface area contributed by atoms with Crippen LogP contribution in [0.1, 0.15) is 5.56 Å². The van der Waals surface area contributed by atoms with Crippen LogP contribution >= 0.6 is 11.8 Å². The minimum absolute atomic E-state index is 0.691. The van der Waals surface area contributed by atoms with E-state index in [-0.39, 0.29) is 0 Å². The fourth-order valence-corrected chi connectivity index (χ4v) is 2.04. The summed E-state index contributed by atoms with van der Waals surface area (Å²) in [5.74, 6) is 0. The Balaban J connectivity index is 2.29. The monoisotopic (exact) mass is 220 g/mol. The van der Waals surface area contributed by atoms with Crippen molar-refractivity contribution in [1.29, 1.82) is 0 Å². The molecular formula is C10H12N4S. The van der Waals surface area contributed by atoms with E-state index >= 15 is 0 Å².